The number of aromatic nitrogens is 1. The molecule has 5 heteroatoms. The minimum absolute atomic E-state index is 0.337. The van der Waals surface area contributed by atoms with Crippen molar-refractivity contribution in [3.63, 3.8) is 0 Å². The summed E-state index contributed by atoms with van der Waals surface area (Å²) in [6, 6.07) is 9.32. The lowest BCUT2D eigenvalue weighted by Gasteiger charge is -2.06. The van der Waals surface area contributed by atoms with E-state index in [1.165, 1.54) is 18.2 Å². The van der Waals surface area contributed by atoms with Crippen LogP contribution >= 0.6 is 15.9 Å². The van der Waals surface area contributed by atoms with Crippen molar-refractivity contribution >= 4 is 26.9 Å². The molecule has 3 aromatic rings. The minimum Gasteiger partial charge on any atom is -0.458 e. The van der Waals surface area contributed by atoms with Gasteiger partial charge in [0.2, 0.25) is 0 Å². The average Bonchev–Trinajstić information content (AvgIpc) is 2.81. The molecule has 0 saturated carbocycles. The predicted molar refractivity (Wildman–Crippen MR) is 72.2 cm³/mol. The minimum atomic E-state index is -0.969. The van der Waals surface area contributed by atoms with Crippen LogP contribution < -0.4 is 0 Å². The molecule has 0 radical (unpaired) electrons. The number of furan rings is 1. The first-order valence-electron chi connectivity index (χ1n) is 5.62. The second kappa shape index (κ2) is 4.75. The number of aliphatic hydroxyl groups excluding tert-OH is 1. The van der Waals surface area contributed by atoms with Gasteiger partial charge in [-0.2, -0.15) is 0 Å². The Balaban J connectivity index is 2.01. The number of fused-ring (bicyclic) bond motifs is 1. The monoisotopic (exact) mass is 321 g/mol. The summed E-state index contributed by atoms with van der Waals surface area (Å²) in [5, 5.41) is 10.8. The first-order valence-corrected chi connectivity index (χ1v) is 6.41. The summed E-state index contributed by atoms with van der Waals surface area (Å²) in [5.41, 5.74) is 1.01. The van der Waals surface area contributed by atoms with Crippen LogP contribution in [0.2, 0.25) is 0 Å². The van der Waals surface area contributed by atoms with Crippen LogP contribution in [0.25, 0.3) is 11.0 Å². The van der Waals surface area contributed by atoms with Crippen LogP contribution in [-0.2, 0) is 0 Å². The van der Waals surface area contributed by atoms with Crippen LogP contribution in [0.5, 0.6) is 0 Å². The van der Waals surface area contributed by atoms with E-state index in [4.69, 9.17) is 4.42 Å². The number of nitrogens with zero attached hydrogens (tertiary/aromatic N) is 1. The van der Waals surface area contributed by atoms with Gasteiger partial charge in [-0.05, 0) is 52.3 Å². The van der Waals surface area contributed by atoms with Gasteiger partial charge in [0.25, 0.3) is 0 Å². The SMILES string of the molecule is OC(c1ccc(Br)cn1)c1cc2cc(F)ccc2o1. The van der Waals surface area contributed by atoms with E-state index in [0.717, 1.165) is 4.47 Å². The molecular formula is C14H9BrFNO2. The second-order valence-corrected chi connectivity index (χ2v) is 5.05. The highest BCUT2D eigenvalue weighted by Gasteiger charge is 2.17. The summed E-state index contributed by atoms with van der Waals surface area (Å²) >= 11 is 3.28. The average molecular weight is 322 g/mol. The Morgan fingerprint density at radius 1 is 1.21 bits per heavy atom. The Labute approximate surface area is 116 Å². The smallest absolute Gasteiger partial charge is 0.153 e. The van der Waals surface area contributed by atoms with Crippen LogP contribution in [0.3, 0.4) is 0 Å². The summed E-state index contributed by atoms with van der Waals surface area (Å²) in [6.45, 7) is 0. The molecule has 3 rings (SSSR count). The lowest BCUT2D eigenvalue weighted by Crippen LogP contribution is -2.00. The molecule has 96 valence electrons. The molecule has 3 nitrogen and oxygen atoms in total. The quantitative estimate of drug-likeness (QED) is 0.780. The zero-order valence-electron chi connectivity index (χ0n) is 9.68. The van der Waals surface area contributed by atoms with E-state index in [-0.39, 0.29) is 5.82 Å². The molecule has 0 bridgehead atoms. The molecule has 19 heavy (non-hydrogen) atoms. The van der Waals surface area contributed by atoms with Crippen molar-refractivity contribution in [1.29, 1.82) is 0 Å². The lowest BCUT2D eigenvalue weighted by atomic mass is 10.1. The van der Waals surface area contributed by atoms with Gasteiger partial charge in [-0.3, -0.25) is 4.98 Å². The number of pyridine rings is 1. The van der Waals surface area contributed by atoms with Crippen molar-refractivity contribution in [3.05, 3.63) is 64.3 Å². The van der Waals surface area contributed by atoms with Crippen molar-refractivity contribution in [3.8, 4) is 0 Å². The van der Waals surface area contributed by atoms with E-state index >= 15 is 0 Å². The van der Waals surface area contributed by atoms with Crippen molar-refractivity contribution in [2.75, 3.05) is 0 Å². The standard InChI is InChI=1S/C14H9BrFNO2/c15-9-1-3-11(17-7-9)14(18)13-6-8-5-10(16)2-4-12(8)19-13/h1-7,14,18H. The highest BCUT2D eigenvalue weighted by molar-refractivity contribution is 9.10. The van der Waals surface area contributed by atoms with Crippen molar-refractivity contribution in [2.45, 2.75) is 6.10 Å². The number of hydrogen-bond acceptors (Lipinski definition) is 3. The van der Waals surface area contributed by atoms with Gasteiger partial charge in [0.15, 0.2) is 6.10 Å². The van der Waals surface area contributed by atoms with Gasteiger partial charge in [-0.25, -0.2) is 4.39 Å². The molecule has 0 amide bonds. The molecular weight excluding hydrogens is 313 g/mol. The largest absolute Gasteiger partial charge is 0.458 e. The van der Waals surface area contributed by atoms with Gasteiger partial charge in [0, 0.05) is 16.1 Å². The van der Waals surface area contributed by atoms with Gasteiger partial charge >= 0.3 is 0 Å². The molecule has 0 fully saturated rings. The summed E-state index contributed by atoms with van der Waals surface area (Å²) in [6.07, 6.45) is 0.629. The van der Waals surface area contributed by atoms with E-state index in [9.17, 15) is 9.50 Å². The van der Waals surface area contributed by atoms with Gasteiger partial charge < -0.3 is 9.52 Å². The first-order chi connectivity index (χ1) is 9.13. The molecule has 1 aromatic carbocycles. The highest BCUT2D eigenvalue weighted by Crippen LogP contribution is 2.28. The van der Waals surface area contributed by atoms with Crippen LogP contribution in [0.15, 0.2) is 51.5 Å². The zero-order valence-corrected chi connectivity index (χ0v) is 11.3. The van der Waals surface area contributed by atoms with Crippen LogP contribution in [0.1, 0.15) is 17.6 Å². The maximum atomic E-state index is 13.1. The van der Waals surface area contributed by atoms with Crippen molar-refractivity contribution < 1.29 is 13.9 Å². The summed E-state index contributed by atoms with van der Waals surface area (Å²) in [5.74, 6) is 0.00605. The third-order valence-corrected chi connectivity index (χ3v) is 3.27. The number of aliphatic hydroxyl groups is 1. The molecule has 1 N–H and O–H groups in total. The molecule has 0 spiro atoms. The fourth-order valence-electron chi connectivity index (χ4n) is 1.86. The van der Waals surface area contributed by atoms with E-state index in [2.05, 4.69) is 20.9 Å². The van der Waals surface area contributed by atoms with Gasteiger partial charge in [-0.15, -0.1) is 0 Å². The second-order valence-electron chi connectivity index (χ2n) is 4.13. The van der Waals surface area contributed by atoms with E-state index < -0.39 is 6.10 Å². The van der Waals surface area contributed by atoms with Crippen LogP contribution in [-0.4, -0.2) is 10.1 Å². The number of halogens is 2. The fourth-order valence-corrected chi connectivity index (χ4v) is 2.10. The zero-order chi connectivity index (χ0) is 13.4. The van der Waals surface area contributed by atoms with Crippen LogP contribution in [0, 0.1) is 5.82 Å². The summed E-state index contributed by atoms with van der Waals surface area (Å²) < 4.78 is 19.4. The molecule has 0 aliphatic heterocycles. The van der Waals surface area contributed by atoms with E-state index in [0.29, 0.717) is 22.4 Å². The maximum absolute atomic E-state index is 13.1. The topological polar surface area (TPSA) is 46.3 Å². The molecule has 0 aliphatic carbocycles. The Kier molecular flexibility index (Phi) is 3.08. The predicted octanol–water partition coefficient (Wildman–Crippen LogP) is 3.81. The fraction of sp³-hybridized carbons (Fsp3) is 0.0714. The molecule has 2 aromatic heterocycles. The van der Waals surface area contributed by atoms with Gasteiger partial charge in [-0.1, -0.05) is 0 Å². The molecule has 0 saturated heterocycles. The third-order valence-electron chi connectivity index (χ3n) is 2.80. The number of rotatable bonds is 2. The molecule has 0 aliphatic rings. The highest BCUT2D eigenvalue weighted by atomic mass is 79.9. The summed E-state index contributed by atoms with van der Waals surface area (Å²) in [4.78, 5) is 4.11. The number of hydrogen-bond donors (Lipinski definition) is 1. The van der Waals surface area contributed by atoms with Gasteiger partial charge in [0.1, 0.15) is 17.2 Å². The molecule has 1 atom stereocenters. The lowest BCUT2D eigenvalue weighted by molar-refractivity contribution is 0.187. The third kappa shape index (κ3) is 2.39. The maximum Gasteiger partial charge on any atom is 0.153 e. The van der Waals surface area contributed by atoms with E-state index in [1.54, 1.807) is 24.4 Å². The van der Waals surface area contributed by atoms with Crippen molar-refractivity contribution in [1.82, 2.24) is 4.98 Å². The van der Waals surface area contributed by atoms with Crippen molar-refractivity contribution in [2.24, 2.45) is 0 Å². The van der Waals surface area contributed by atoms with E-state index in [1.807, 2.05) is 0 Å². The normalized spacial score (nSPS) is 12.8. The summed E-state index contributed by atoms with van der Waals surface area (Å²) in [7, 11) is 0. The Morgan fingerprint density at radius 3 is 2.79 bits per heavy atom. The first kappa shape index (κ1) is 12.3. The van der Waals surface area contributed by atoms with Gasteiger partial charge in [0.05, 0.1) is 5.69 Å². The van der Waals surface area contributed by atoms with Crippen LogP contribution in [0.4, 0.5) is 4.39 Å². The molecule has 2 heterocycles. The molecule has 1 unspecified atom stereocenters. The Morgan fingerprint density at radius 2 is 2.05 bits per heavy atom. The number of benzene rings is 1. The Hall–Kier alpha value is -1.72. The Bertz CT molecular complexity index is 724.